The van der Waals surface area contributed by atoms with Crippen molar-refractivity contribution >= 4 is 11.8 Å². The van der Waals surface area contributed by atoms with Gasteiger partial charge in [0, 0.05) is 50.5 Å². The minimum atomic E-state index is -0.183. The topological polar surface area (TPSA) is 93.4 Å². The number of hydrogen-bond acceptors (Lipinski definition) is 5. The molecule has 2 aliphatic rings. The van der Waals surface area contributed by atoms with Crippen molar-refractivity contribution in [3.05, 3.63) is 54.1 Å². The van der Waals surface area contributed by atoms with E-state index < -0.39 is 0 Å². The van der Waals surface area contributed by atoms with Crippen molar-refractivity contribution in [3.8, 4) is 0 Å². The molecule has 3 N–H and O–H groups in total. The molecule has 8 nitrogen and oxygen atoms in total. The summed E-state index contributed by atoms with van der Waals surface area (Å²) >= 11 is 0. The third-order valence-electron chi connectivity index (χ3n) is 6.29. The van der Waals surface area contributed by atoms with Crippen LogP contribution in [0, 0.1) is 0 Å². The van der Waals surface area contributed by atoms with Gasteiger partial charge in [-0.25, -0.2) is 4.98 Å². The lowest BCUT2D eigenvalue weighted by atomic mass is 10.0. The smallest absolute Gasteiger partial charge is 0.239 e. The normalized spacial score (nSPS) is 24.8. The maximum atomic E-state index is 12.8. The van der Waals surface area contributed by atoms with E-state index in [0.717, 1.165) is 30.8 Å². The first kappa shape index (κ1) is 20.6. The van der Waals surface area contributed by atoms with E-state index in [1.54, 1.807) is 12.4 Å². The number of aromatic nitrogens is 2. The Balaban J connectivity index is 1.31. The Morgan fingerprint density at radius 1 is 1.30 bits per heavy atom. The molecule has 2 saturated heterocycles. The molecule has 0 bridgehead atoms. The number of aromatic amines is 1. The van der Waals surface area contributed by atoms with Gasteiger partial charge in [0.1, 0.15) is 11.9 Å². The molecule has 8 heteroatoms. The number of likely N-dealkylation sites (N-methyl/N-ethyl adjacent to an activating group) is 1. The third kappa shape index (κ3) is 4.71. The van der Waals surface area contributed by atoms with Crippen LogP contribution in [0.15, 0.2) is 42.7 Å². The molecule has 1 aromatic heterocycles. The van der Waals surface area contributed by atoms with Gasteiger partial charge in [0.25, 0.3) is 0 Å². The van der Waals surface area contributed by atoms with Crippen molar-refractivity contribution in [1.82, 2.24) is 30.4 Å². The van der Waals surface area contributed by atoms with E-state index in [-0.39, 0.29) is 29.9 Å². The summed E-state index contributed by atoms with van der Waals surface area (Å²) in [6.07, 6.45) is 5.65. The van der Waals surface area contributed by atoms with Crippen molar-refractivity contribution in [3.63, 3.8) is 0 Å². The van der Waals surface area contributed by atoms with E-state index in [1.807, 2.05) is 30.3 Å². The minimum Gasteiger partial charge on any atom is -0.353 e. The summed E-state index contributed by atoms with van der Waals surface area (Å²) in [5.41, 5.74) is 1.09. The van der Waals surface area contributed by atoms with Crippen LogP contribution in [0.25, 0.3) is 0 Å². The van der Waals surface area contributed by atoms with Crippen LogP contribution in [-0.2, 0) is 22.7 Å². The summed E-state index contributed by atoms with van der Waals surface area (Å²) in [5.74, 6) is 0.999. The number of hydrogen-bond donors (Lipinski definition) is 3. The number of imidazole rings is 1. The van der Waals surface area contributed by atoms with Crippen LogP contribution in [0.2, 0.25) is 0 Å². The number of fused-ring (bicyclic) bond motifs is 1. The molecule has 3 atom stereocenters. The lowest BCUT2D eigenvalue weighted by molar-refractivity contribution is -0.126. The maximum Gasteiger partial charge on any atom is 0.239 e. The summed E-state index contributed by atoms with van der Waals surface area (Å²) in [5, 5.41) is 6.10. The first-order chi connectivity index (χ1) is 14.6. The van der Waals surface area contributed by atoms with Crippen molar-refractivity contribution in [2.45, 2.75) is 50.5 Å². The highest BCUT2D eigenvalue weighted by molar-refractivity contribution is 5.83. The first-order valence-electron chi connectivity index (χ1n) is 10.6. The van der Waals surface area contributed by atoms with Crippen LogP contribution >= 0.6 is 0 Å². The largest absolute Gasteiger partial charge is 0.353 e. The van der Waals surface area contributed by atoms with E-state index in [1.165, 1.54) is 0 Å². The molecular weight excluding hydrogens is 380 g/mol. The molecule has 3 heterocycles. The van der Waals surface area contributed by atoms with E-state index in [9.17, 15) is 9.59 Å². The van der Waals surface area contributed by atoms with Crippen molar-refractivity contribution in [1.29, 1.82) is 0 Å². The maximum absolute atomic E-state index is 12.8. The standard InChI is InChI=1S/C22H30N6O2/c1-27-17(7-8-20(29)25-13-16-5-3-2-4-6-16)14-26-22(30)21-18(27)9-12-28(21)15-19-23-10-11-24-19/h2-6,10-11,17-18,21H,7-9,12-15H2,1H3,(H,23,24)(H,25,29)(H,26,30)/t17-,18+,21-/m0/s1. The molecule has 0 unspecified atom stereocenters. The van der Waals surface area contributed by atoms with Gasteiger partial charge in [-0.2, -0.15) is 0 Å². The molecule has 160 valence electrons. The molecule has 4 rings (SSSR count). The minimum absolute atomic E-state index is 0.0465. The van der Waals surface area contributed by atoms with Gasteiger partial charge < -0.3 is 15.6 Å². The SMILES string of the molecule is CN1[C@@H](CCC(=O)NCc2ccccc2)CNC(=O)[C@@H]2[C@H]1CCN2Cc1ncc[nH]1. The summed E-state index contributed by atoms with van der Waals surface area (Å²) in [6, 6.07) is 10.0. The number of rotatable bonds is 7. The molecule has 30 heavy (non-hydrogen) atoms. The summed E-state index contributed by atoms with van der Waals surface area (Å²) in [7, 11) is 2.08. The average Bonchev–Trinajstić information content (AvgIpc) is 3.40. The number of carbonyl (C=O) groups is 2. The highest BCUT2D eigenvalue weighted by Gasteiger charge is 2.45. The molecule has 2 aliphatic heterocycles. The quantitative estimate of drug-likeness (QED) is 0.630. The molecule has 1 aromatic carbocycles. The predicted molar refractivity (Wildman–Crippen MR) is 113 cm³/mol. The van der Waals surface area contributed by atoms with Gasteiger partial charge in [-0.15, -0.1) is 0 Å². The van der Waals surface area contributed by atoms with Crippen molar-refractivity contribution < 1.29 is 9.59 Å². The van der Waals surface area contributed by atoms with Gasteiger partial charge in [-0.3, -0.25) is 19.4 Å². The zero-order chi connectivity index (χ0) is 20.9. The van der Waals surface area contributed by atoms with Gasteiger partial charge in [-0.05, 0) is 25.5 Å². The number of likely N-dealkylation sites (tertiary alicyclic amines) is 1. The third-order valence-corrected chi connectivity index (χ3v) is 6.29. The van der Waals surface area contributed by atoms with Crippen LogP contribution in [0.5, 0.6) is 0 Å². The van der Waals surface area contributed by atoms with E-state index in [0.29, 0.717) is 26.1 Å². The molecular formula is C22H30N6O2. The molecule has 2 fully saturated rings. The lowest BCUT2D eigenvalue weighted by Gasteiger charge is -2.33. The molecule has 0 aliphatic carbocycles. The molecule has 0 saturated carbocycles. The Morgan fingerprint density at radius 3 is 2.90 bits per heavy atom. The number of benzene rings is 1. The zero-order valence-corrected chi connectivity index (χ0v) is 17.4. The number of H-pyrrole nitrogens is 1. The monoisotopic (exact) mass is 410 g/mol. The highest BCUT2D eigenvalue weighted by atomic mass is 16.2. The molecule has 0 radical (unpaired) electrons. The second-order valence-electron chi connectivity index (χ2n) is 8.17. The number of nitrogens with zero attached hydrogens (tertiary/aromatic N) is 3. The number of amides is 2. The molecule has 2 amide bonds. The van der Waals surface area contributed by atoms with Gasteiger partial charge in [-0.1, -0.05) is 30.3 Å². The van der Waals surface area contributed by atoms with Crippen LogP contribution in [-0.4, -0.2) is 69.8 Å². The Bertz CT molecular complexity index is 841. The van der Waals surface area contributed by atoms with Crippen LogP contribution in [0.1, 0.15) is 30.7 Å². The Kier molecular flexibility index (Phi) is 6.44. The Morgan fingerprint density at radius 2 is 2.13 bits per heavy atom. The highest BCUT2D eigenvalue weighted by Crippen LogP contribution is 2.28. The fourth-order valence-electron chi connectivity index (χ4n) is 4.59. The fraction of sp³-hybridized carbons (Fsp3) is 0.500. The predicted octanol–water partition coefficient (Wildman–Crippen LogP) is 0.879. The van der Waals surface area contributed by atoms with Crippen LogP contribution in [0.3, 0.4) is 0 Å². The summed E-state index contributed by atoms with van der Waals surface area (Å²) in [6.45, 7) is 2.62. The van der Waals surface area contributed by atoms with Crippen molar-refractivity contribution in [2.75, 3.05) is 20.1 Å². The van der Waals surface area contributed by atoms with Gasteiger partial charge >= 0.3 is 0 Å². The second kappa shape index (κ2) is 9.40. The van der Waals surface area contributed by atoms with E-state index in [2.05, 4.69) is 37.4 Å². The second-order valence-corrected chi connectivity index (χ2v) is 8.17. The van der Waals surface area contributed by atoms with Gasteiger partial charge in [0.05, 0.1) is 6.54 Å². The fourth-order valence-corrected chi connectivity index (χ4v) is 4.59. The van der Waals surface area contributed by atoms with Crippen LogP contribution in [0.4, 0.5) is 0 Å². The van der Waals surface area contributed by atoms with Crippen LogP contribution < -0.4 is 10.6 Å². The summed E-state index contributed by atoms with van der Waals surface area (Å²) in [4.78, 5) is 37.1. The number of nitrogens with one attached hydrogen (secondary N) is 3. The van der Waals surface area contributed by atoms with Gasteiger partial charge in [0.2, 0.25) is 11.8 Å². The Labute approximate surface area is 177 Å². The van der Waals surface area contributed by atoms with Gasteiger partial charge in [0.15, 0.2) is 0 Å². The van der Waals surface area contributed by atoms with Crippen molar-refractivity contribution in [2.24, 2.45) is 0 Å². The zero-order valence-electron chi connectivity index (χ0n) is 17.4. The van der Waals surface area contributed by atoms with E-state index >= 15 is 0 Å². The lowest BCUT2D eigenvalue weighted by Crippen LogP contribution is -2.49. The molecule has 0 spiro atoms. The first-order valence-corrected chi connectivity index (χ1v) is 10.6. The molecule has 2 aromatic rings. The number of carbonyl (C=O) groups excluding carboxylic acids is 2. The van der Waals surface area contributed by atoms with E-state index in [4.69, 9.17) is 0 Å². The summed E-state index contributed by atoms with van der Waals surface area (Å²) < 4.78 is 0. The Hall–Kier alpha value is -2.71. The average molecular weight is 411 g/mol.